The van der Waals surface area contributed by atoms with Crippen molar-refractivity contribution in [2.75, 3.05) is 20.1 Å². The molecule has 0 spiro atoms. The molecule has 170 valence electrons. The standard InChI is InChI=1S/C28H31N3O2/c1-29-27(33)28(20-24-10-5-6-11-25(24)23-14-17-30-18-15-23)16-7-19-31(21-28)26(32)13-12-22-8-3-2-4-9-22/h2-6,8-11,14-15,17-18H,7,12-13,16,19-21H2,1H3,(H,29,33). The predicted octanol–water partition coefficient (Wildman–Crippen LogP) is 4.28. The van der Waals surface area contributed by atoms with Crippen molar-refractivity contribution < 1.29 is 9.59 Å². The first kappa shape index (κ1) is 22.7. The lowest BCUT2D eigenvalue weighted by Gasteiger charge is -2.42. The summed E-state index contributed by atoms with van der Waals surface area (Å²) in [7, 11) is 1.69. The monoisotopic (exact) mass is 441 g/mol. The minimum absolute atomic E-state index is 0.00703. The molecule has 0 bridgehead atoms. The number of piperidine rings is 1. The Kier molecular flexibility index (Phi) is 7.18. The van der Waals surface area contributed by atoms with Crippen molar-refractivity contribution in [3.05, 3.63) is 90.3 Å². The fourth-order valence-electron chi connectivity index (χ4n) is 4.93. The molecule has 1 unspecified atom stereocenters. The van der Waals surface area contributed by atoms with Crippen LogP contribution in [0.1, 0.15) is 30.4 Å². The highest BCUT2D eigenvalue weighted by Gasteiger charge is 2.43. The number of aryl methyl sites for hydroxylation is 1. The number of pyridine rings is 1. The van der Waals surface area contributed by atoms with Crippen LogP contribution in [-0.4, -0.2) is 41.8 Å². The largest absolute Gasteiger partial charge is 0.359 e. The minimum atomic E-state index is -0.640. The van der Waals surface area contributed by atoms with E-state index in [4.69, 9.17) is 0 Å². The Morgan fingerprint density at radius 3 is 2.48 bits per heavy atom. The Hall–Kier alpha value is -3.47. The predicted molar refractivity (Wildman–Crippen MR) is 130 cm³/mol. The summed E-state index contributed by atoms with van der Waals surface area (Å²) < 4.78 is 0. The van der Waals surface area contributed by atoms with Crippen LogP contribution in [0.3, 0.4) is 0 Å². The molecule has 5 nitrogen and oxygen atoms in total. The van der Waals surface area contributed by atoms with E-state index < -0.39 is 5.41 Å². The first-order valence-corrected chi connectivity index (χ1v) is 11.6. The number of carbonyl (C=O) groups is 2. The second-order valence-corrected chi connectivity index (χ2v) is 8.83. The number of hydrogen-bond acceptors (Lipinski definition) is 3. The number of nitrogens with zero attached hydrogens (tertiary/aromatic N) is 2. The van der Waals surface area contributed by atoms with E-state index >= 15 is 0 Å². The number of likely N-dealkylation sites (tertiary alicyclic amines) is 1. The topological polar surface area (TPSA) is 62.3 Å². The smallest absolute Gasteiger partial charge is 0.228 e. The van der Waals surface area contributed by atoms with E-state index in [-0.39, 0.29) is 11.8 Å². The van der Waals surface area contributed by atoms with Crippen molar-refractivity contribution in [2.24, 2.45) is 5.41 Å². The van der Waals surface area contributed by atoms with Crippen LogP contribution < -0.4 is 5.32 Å². The number of benzene rings is 2. The number of carbonyl (C=O) groups excluding carboxylic acids is 2. The molecule has 2 aromatic carbocycles. The van der Waals surface area contributed by atoms with Crippen LogP contribution >= 0.6 is 0 Å². The summed E-state index contributed by atoms with van der Waals surface area (Å²) in [5.41, 5.74) is 3.82. The van der Waals surface area contributed by atoms with Gasteiger partial charge in [0.2, 0.25) is 11.8 Å². The molecule has 3 aromatic rings. The molecule has 0 aliphatic carbocycles. The molecule has 1 saturated heterocycles. The molecule has 1 aliphatic rings. The van der Waals surface area contributed by atoms with Gasteiger partial charge in [-0.15, -0.1) is 0 Å². The van der Waals surface area contributed by atoms with E-state index in [1.54, 1.807) is 19.4 Å². The van der Waals surface area contributed by atoms with Crippen LogP contribution in [-0.2, 0) is 22.4 Å². The summed E-state index contributed by atoms with van der Waals surface area (Å²) in [5, 5.41) is 2.89. The van der Waals surface area contributed by atoms with Crippen molar-refractivity contribution >= 4 is 11.8 Å². The second-order valence-electron chi connectivity index (χ2n) is 8.83. The SMILES string of the molecule is CNC(=O)C1(Cc2ccccc2-c2ccncc2)CCCN(C(=O)CCc2ccccc2)C1. The highest BCUT2D eigenvalue weighted by atomic mass is 16.2. The molecule has 5 heteroatoms. The van der Waals surface area contributed by atoms with E-state index in [2.05, 4.69) is 22.4 Å². The maximum absolute atomic E-state index is 13.2. The molecule has 1 aliphatic heterocycles. The summed E-state index contributed by atoms with van der Waals surface area (Å²) in [6.45, 7) is 1.16. The molecule has 2 amide bonds. The van der Waals surface area contributed by atoms with E-state index in [0.717, 1.165) is 35.1 Å². The quantitative estimate of drug-likeness (QED) is 0.595. The van der Waals surface area contributed by atoms with Gasteiger partial charge in [0.25, 0.3) is 0 Å². The molecule has 1 aromatic heterocycles. The molecule has 0 radical (unpaired) electrons. The maximum Gasteiger partial charge on any atom is 0.228 e. The summed E-state index contributed by atoms with van der Waals surface area (Å²) in [6.07, 6.45) is 6.92. The van der Waals surface area contributed by atoms with Crippen molar-refractivity contribution in [1.82, 2.24) is 15.2 Å². The fourth-order valence-corrected chi connectivity index (χ4v) is 4.93. The molecule has 1 fully saturated rings. The lowest BCUT2D eigenvalue weighted by atomic mass is 9.73. The third-order valence-electron chi connectivity index (χ3n) is 6.65. The van der Waals surface area contributed by atoms with E-state index in [9.17, 15) is 9.59 Å². The van der Waals surface area contributed by atoms with Crippen molar-refractivity contribution in [2.45, 2.75) is 32.1 Å². The lowest BCUT2D eigenvalue weighted by Crippen LogP contribution is -2.54. The highest BCUT2D eigenvalue weighted by Crippen LogP contribution is 2.37. The average molecular weight is 442 g/mol. The zero-order valence-corrected chi connectivity index (χ0v) is 19.2. The summed E-state index contributed by atoms with van der Waals surface area (Å²) in [6, 6.07) is 22.3. The van der Waals surface area contributed by atoms with Crippen LogP contribution in [0, 0.1) is 5.41 Å². The van der Waals surface area contributed by atoms with Crippen molar-refractivity contribution in [3.63, 3.8) is 0 Å². The van der Waals surface area contributed by atoms with Gasteiger partial charge in [-0.05, 0) is 60.1 Å². The van der Waals surface area contributed by atoms with Gasteiger partial charge >= 0.3 is 0 Å². The first-order chi connectivity index (χ1) is 16.1. The molecule has 1 atom stereocenters. The van der Waals surface area contributed by atoms with Gasteiger partial charge in [-0.3, -0.25) is 14.6 Å². The Labute approximate surface area is 195 Å². The number of aromatic nitrogens is 1. The number of amides is 2. The zero-order chi connectivity index (χ0) is 23.1. The molecule has 0 saturated carbocycles. The number of rotatable bonds is 7. The van der Waals surface area contributed by atoms with Crippen LogP contribution in [0.4, 0.5) is 0 Å². The first-order valence-electron chi connectivity index (χ1n) is 11.6. The van der Waals surface area contributed by atoms with E-state index in [1.807, 2.05) is 59.5 Å². The molecular formula is C28H31N3O2. The van der Waals surface area contributed by atoms with Crippen LogP contribution in [0.15, 0.2) is 79.1 Å². The van der Waals surface area contributed by atoms with Crippen LogP contribution in [0.5, 0.6) is 0 Å². The van der Waals surface area contributed by atoms with Crippen molar-refractivity contribution in [3.8, 4) is 11.1 Å². The second kappa shape index (κ2) is 10.4. The van der Waals surface area contributed by atoms with Gasteiger partial charge in [-0.25, -0.2) is 0 Å². The Morgan fingerprint density at radius 2 is 1.73 bits per heavy atom. The zero-order valence-electron chi connectivity index (χ0n) is 19.2. The number of hydrogen-bond donors (Lipinski definition) is 1. The number of nitrogens with one attached hydrogen (secondary N) is 1. The van der Waals surface area contributed by atoms with Gasteiger partial charge < -0.3 is 10.2 Å². The molecular weight excluding hydrogens is 410 g/mol. The van der Waals surface area contributed by atoms with Crippen molar-refractivity contribution in [1.29, 1.82) is 0 Å². The van der Waals surface area contributed by atoms with E-state index in [1.165, 1.54) is 0 Å². The summed E-state index contributed by atoms with van der Waals surface area (Å²) in [5.74, 6) is 0.127. The van der Waals surface area contributed by atoms with Gasteiger partial charge in [-0.2, -0.15) is 0 Å². The van der Waals surface area contributed by atoms with Gasteiger partial charge in [-0.1, -0.05) is 54.6 Å². The summed E-state index contributed by atoms with van der Waals surface area (Å²) >= 11 is 0. The third kappa shape index (κ3) is 5.30. The van der Waals surface area contributed by atoms with Gasteiger partial charge in [0.1, 0.15) is 0 Å². The van der Waals surface area contributed by atoms with Crippen LogP contribution in [0.2, 0.25) is 0 Å². The fraction of sp³-hybridized carbons (Fsp3) is 0.321. The highest BCUT2D eigenvalue weighted by molar-refractivity contribution is 5.85. The van der Waals surface area contributed by atoms with Gasteiger partial charge in [0.15, 0.2) is 0 Å². The molecule has 1 N–H and O–H groups in total. The van der Waals surface area contributed by atoms with Gasteiger partial charge in [0, 0.05) is 39.0 Å². The minimum Gasteiger partial charge on any atom is -0.359 e. The normalized spacial score (nSPS) is 18.0. The third-order valence-corrected chi connectivity index (χ3v) is 6.65. The maximum atomic E-state index is 13.2. The Balaban J connectivity index is 1.55. The Morgan fingerprint density at radius 1 is 1.00 bits per heavy atom. The molecule has 2 heterocycles. The average Bonchev–Trinajstić information content (AvgIpc) is 2.88. The summed E-state index contributed by atoms with van der Waals surface area (Å²) in [4.78, 5) is 32.4. The molecule has 4 rings (SSSR count). The van der Waals surface area contributed by atoms with Gasteiger partial charge in [0.05, 0.1) is 5.41 Å². The lowest BCUT2D eigenvalue weighted by molar-refractivity contribution is -0.141. The van der Waals surface area contributed by atoms with Crippen LogP contribution in [0.25, 0.3) is 11.1 Å². The molecule has 33 heavy (non-hydrogen) atoms. The Bertz CT molecular complexity index is 1080. The van der Waals surface area contributed by atoms with E-state index in [0.29, 0.717) is 32.4 Å².